The van der Waals surface area contributed by atoms with Crippen LogP contribution in [0.4, 0.5) is 0 Å². The van der Waals surface area contributed by atoms with Gasteiger partial charge in [-0.1, -0.05) is 5.92 Å². The highest BCUT2D eigenvalue weighted by molar-refractivity contribution is 5.85. The van der Waals surface area contributed by atoms with Crippen LogP contribution >= 0.6 is 12.4 Å². The number of aliphatic carboxylic acids is 2. The Hall–Kier alpha value is -1.25. The highest BCUT2D eigenvalue weighted by Gasteiger charge is 2.31. The number of carboxylic acids is 2. The van der Waals surface area contributed by atoms with Crippen molar-refractivity contribution < 1.29 is 19.8 Å². The fourth-order valence-electron chi connectivity index (χ4n) is 0.545. The fourth-order valence-corrected chi connectivity index (χ4v) is 0.545. The molecule has 4 N–H and O–H groups in total. The minimum atomic E-state index is -1.86. The van der Waals surface area contributed by atoms with Crippen LogP contribution in [0.1, 0.15) is 12.8 Å². The Morgan fingerprint density at radius 1 is 1.46 bits per heavy atom. The number of hydrogen-bond donors (Lipinski definition) is 3. The summed E-state index contributed by atoms with van der Waals surface area (Å²) >= 11 is 0. The van der Waals surface area contributed by atoms with Crippen molar-refractivity contribution in [3.63, 3.8) is 0 Å². The SMILES string of the molecule is C#C[C@](N)(CCC(=O)O)C(=O)O.Cl. The molecule has 0 saturated heterocycles. The lowest BCUT2D eigenvalue weighted by atomic mass is 9.96. The van der Waals surface area contributed by atoms with E-state index in [-0.39, 0.29) is 25.2 Å². The molecular formula is C7H10ClNO4. The molecule has 13 heavy (non-hydrogen) atoms. The Morgan fingerprint density at radius 3 is 2.15 bits per heavy atom. The molecule has 0 aromatic rings. The van der Waals surface area contributed by atoms with Crippen molar-refractivity contribution in [1.82, 2.24) is 0 Å². The summed E-state index contributed by atoms with van der Waals surface area (Å²) in [4.78, 5) is 20.5. The van der Waals surface area contributed by atoms with E-state index in [4.69, 9.17) is 22.4 Å². The molecule has 0 aliphatic carbocycles. The quantitative estimate of drug-likeness (QED) is 0.549. The number of hydrogen-bond acceptors (Lipinski definition) is 3. The highest BCUT2D eigenvalue weighted by Crippen LogP contribution is 2.08. The summed E-state index contributed by atoms with van der Waals surface area (Å²) in [5.74, 6) is -0.659. The van der Waals surface area contributed by atoms with E-state index in [1.807, 2.05) is 5.92 Å². The van der Waals surface area contributed by atoms with E-state index in [9.17, 15) is 9.59 Å². The van der Waals surface area contributed by atoms with Crippen LogP contribution in [0.2, 0.25) is 0 Å². The van der Waals surface area contributed by atoms with Gasteiger partial charge in [0.2, 0.25) is 0 Å². The minimum Gasteiger partial charge on any atom is -0.481 e. The lowest BCUT2D eigenvalue weighted by Crippen LogP contribution is -2.46. The maximum Gasteiger partial charge on any atom is 0.336 e. The van der Waals surface area contributed by atoms with Gasteiger partial charge in [0.15, 0.2) is 5.54 Å². The lowest BCUT2D eigenvalue weighted by Gasteiger charge is -2.15. The topological polar surface area (TPSA) is 101 Å². The van der Waals surface area contributed by atoms with Crippen molar-refractivity contribution in [2.75, 3.05) is 0 Å². The summed E-state index contributed by atoms with van der Waals surface area (Å²) < 4.78 is 0. The van der Waals surface area contributed by atoms with Gasteiger partial charge in [-0.2, -0.15) is 0 Å². The van der Waals surface area contributed by atoms with E-state index in [1.54, 1.807) is 0 Å². The Balaban J connectivity index is 0. The molecule has 0 fully saturated rings. The van der Waals surface area contributed by atoms with Crippen molar-refractivity contribution in [2.45, 2.75) is 18.4 Å². The molecule has 0 saturated carbocycles. The molecule has 0 spiro atoms. The molecule has 0 amide bonds. The molecule has 0 rings (SSSR count). The predicted molar refractivity (Wildman–Crippen MR) is 47.5 cm³/mol. The molecule has 6 heteroatoms. The van der Waals surface area contributed by atoms with Crippen molar-refractivity contribution in [3.8, 4) is 12.3 Å². The van der Waals surface area contributed by atoms with Gasteiger partial charge in [0.05, 0.1) is 0 Å². The zero-order valence-electron chi connectivity index (χ0n) is 6.69. The molecular weight excluding hydrogens is 198 g/mol. The summed E-state index contributed by atoms with van der Waals surface area (Å²) in [5, 5.41) is 16.7. The van der Waals surface area contributed by atoms with Crippen LogP contribution in [0.15, 0.2) is 0 Å². The van der Waals surface area contributed by atoms with Gasteiger partial charge in [-0.3, -0.25) is 4.79 Å². The first-order chi connectivity index (χ1) is 5.42. The number of terminal acetylenes is 1. The minimum absolute atomic E-state index is 0. The Kier molecular flexibility index (Phi) is 5.94. The van der Waals surface area contributed by atoms with Crippen LogP contribution < -0.4 is 5.73 Å². The second-order valence-corrected chi connectivity index (χ2v) is 2.31. The number of nitrogens with two attached hydrogens (primary N) is 1. The van der Waals surface area contributed by atoms with Crippen molar-refractivity contribution in [1.29, 1.82) is 0 Å². The first kappa shape index (κ1) is 14.3. The lowest BCUT2D eigenvalue weighted by molar-refractivity contribution is -0.142. The summed E-state index contributed by atoms with van der Waals surface area (Å²) in [5.41, 5.74) is 3.33. The maximum atomic E-state index is 10.4. The summed E-state index contributed by atoms with van der Waals surface area (Å²) in [6, 6.07) is 0. The van der Waals surface area contributed by atoms with Gasteiger partial charge in [-0.15, -0.1) is 18.8 Å². The molecule has 1 atom stereocenters. The highest BCUT2D eigenvalue weighted by atomic mass is 35.5. The number of carboxylic acid groups (broad SMARTS) is 2. The van der Waals surface area contributed by atoms with Gasteiger partial charge in [-0.25, -0.2) is 4.79 Å². The Bertz CT molecular complexity index is 247. The molecule has 0 bridgehead atoms. The number of halogens is 1. The number of carbonyl (C=O) groups is 2. The van der Waals surface area contributed by atoms with E-state index < -0.39 is 17.5 Å². The van der Waals surface area contributed by atoms with E-state index in [0.717, 1.165) is 0 Å². The van der Waals surface area contributed by atoms with Crippen LogP contribution in [0, 0.1) is 12.3 Å². The molecule has 0 aromatic carbocycles. The zero-order valence-corrected chi connectivity index (χ0v) is 7.50. The summed E-state index contributed by atoms with van der Waals surface area (Å²) in [6.45, 7) is 0. The smallest absolute Gasteiger partial charge is 0.336 e. The molecule has 5 nitrogen and oxygen atoms in total. The fraction of sp³-hybridized carbons (Fsp3) is 0.429. The second kappa shape index (κ2) is 5.41. The first-order valence-corrected chi connectivity index (χ1v) is 3.14. The van der Waals surface area contributed by atoms with Crippen LogP contribution in [0.3, 0.4) is 0 Å². The standard InChI is InChI=1S/C7H9NO4.ClH/c1-2-7(8,6(11)12)4-3-5(9)10;/h1H,3-4,8H2,(H,9,10)(H,11,12);1H/t7-;/m0./s1. The normalized spacial score (nSPS) is 13.2. The van der Waals surface area contributed by atoms with Gasteiger partial charge in [0.1, 0.15) is 0 Å². The van der Waals surface area contributed by atoms with E-state index in [2.05, 4.69) is 0 Å². The molecule has 0 heterocycles. The second-order valence-electron chi connectivity index (χ2n) is 2.31. The van der Waals surface area contributed by atoms with Gasteiger partial charge < -0.3 is 15.9 Å². The van der Waals surface area contributed by atoms with Crippen molar-refractivity contribution in [2.24, 2.45) is 5.73 Å². The molecule has 0 aliphatic heterocycles. The summed E-state index contributed by atoms with van der Waals surface area (Å²) in [6.07, 6.45) is 4.22. The average molecular weight is 208 g/mol. The zero-order chi connectivity index (χ0) is 9.78. The Morgan fingerprint density at radius 2 is 1.92 bits per heavy atom. The number of rotatable bonds is 4. The third kappa shape index (κ3) is 4.35. The largest absolute Gasteiger partial charge is 0.481 e. The predicted octanol–water partition coefficient (Wildman–Crippen LogP) is -0.312. The molecule has 0 aliphatic rings. The van der Waals surface area contributed by atoms with Gasteiger partial charge in [0.25, 0.3) is 0 Å². The van der Waals surface area contributed by atoms with Crippen molar-refractivity contribution >= 4 is 24.3 Å². The molecule has 0 unspecified atom stereocenters. The van der Waals surface area contributed by atoms with E-state index in [1.165, 1.54) is 0 Å². The van der Waals surface area contributed by atoms with E-state index >= 15 is 0 Å². The average Bonchev–Trinajstić information content (AvgIpc) is 1.99. The van der Waals surface area contributed by atoms with Gasteiger partial charge in [-0.05, 0) is 6.42 Å². The monoisotopic (exact) mass is 207 g/mol. The van der Waals surface area contributed by atoms with Crippen molar-refractivity contribution in [3.05, 3.63) is 0 Å². The van der Waals surface area contributed by atoms with Gasteiger partial charge in [0, 0.05) is 6.42 Å². The molecule has 0 aromatic heterocycles. The third-order valence-corrected chi connectivity index (χ3v) is 1.37. The molecule has 74 valence electrons. The molecule has 0 radical (unpaired) electrons. The van der Waals surface area contributed by atoms with E-state index in [0.29, 0.717) is 0 Å². The van der Waals surface area contributed by atoms with Crippen LogP contribution in [-0.2, 0) is 9.59 Å². The maximum absolute atomic E-state index is 10.4. The van der Waals surface area contributed by atoms with Gasteiger partial charge >= 0.3 is 11.9 Å². The third-order valence-electron chi connectivity index (χ3n) is 1.37. The van der Waals surface area contributed by atoms with Crippen LogP contribution in [-0.4, -0.2) is 27.7 Å². The Labute approximate surface area is 81.3 Å². The first-order valence-electron chi connectivity index (χ1n) is 3.14. The summed E-state index contributed by atoms with van der Waals surface area (Å²) in [7, 11) is 0. The van der Waals surface area contributed by atoms with Crippen LogP contribution in [0.25, 0.3) is 0 Å². The van der Waals surface area contributed by atoms with Crippen LogP contribution in [0.5, 0.6) is 0 Å².